The largest absolute Gasteiger partial charge is 0.328 e. The SMILES string of the molecule is CC(C)CCS(=O)C1CCC(N)CC1. The fraction of sp³-hybridized carbons (Fsp3) is 1.00. The summed E-state index contributed by atoms with van der Waals surface area (Å²) in [5, 5.41) is 0.438. The second-order valence-corrected chi connectivity index (χ2v) is 6.64. The molecule has 2 N–H and O–H groups in total. The van der Waals surface area contributed by atoms with Crippen molar-refractivity contribution in [2.75, 3.05) is 5.75 Å². The molecule has 0 aromatic carbocycles. The molecule has 1 unspecified atom stereocenters. The second kappa shape index (κ2) is 5.86. The van der Waals surface area contributed by atoms with Crippen LogP contribution in [0.15, 0.2) is 0 Å². The summed E-state index contributed by atoms with van der Waals surface area (Å²) in [6, 6.07) is 0.369. The molecule has 0 amide bonds. The van der Waals surface area contributed by atoms with Crippen molar-refractivity contribution in [3.05, 3.63) is 0 Å². The third-order valence-electron chi connectivity index (χ3n) is 2.99. The summed E-state index contributed by atoms with van der Waals surface area (Å²) in [7, 11) is -0.598. The minimum Gasteiger partial charge on any atom is -0.328 e. The summed E-state index contributed by atoms with van der Waals surface area (Å²) in [6.07, 6.45) is 5.38. The molecule has 84 valence electrons. The molecule has 1 saturated carbocycles. The van der Waals surface area contributed by atoms with Crippen LogP contribution in [-0.2, 0) is 10.8 Å². The lowest BCUT2D eigenvalue weighted by Gasteiger charge is -2.25. The summed E-state index contributed by atoms with van der Waals surface area (Å²) in [4.78, 5) is 0. The fourth-order valence-corrected chi connectivity index (χ4v) is 3.71. The Labute approximate surface area is 90.1 Å². The molecule has 14 heavy (non-hydrogen) atoms. The first kappa shape index (κ1) is 12.2. The van der Waals surface area contributed by atoms with Crippen molar-refractivity contribution in [2.45, 2.75) is 57.2 Å². The summed E-state index contributed by atoms with van der Waals surface area (Å²) >= 11 is 0. The van der Waals surface area contributed by atoms with Crippen molar-refractivity contribution < 1.29 is 4.21 Å². The summed E-state index contributed by atoms with van der Waals surface area (Å²) in [5.41, 5.74) is 5.82. The normalized spacial score (nSPS) is 30.6. The monoisotopic (exact) mass is 217 g/mol. The van der Waals surface area contributed by atoms with Gasteiger partial charge in [0.15, 0.2) is 0 Å². The first-order chi connectivity index (χ1) is 6.59. The van der Waals surface area contributed by atoms with Gasteiger partial charge in [0.2, 0.25) is 0 Å². The van der Waals surface area contributed by atoms with E-state index in [1.54, 1.807) is 0 Å². The van der Waals surface area contributed by atoms with Gasteiger partial charge in [0.05, 0.1) is 0 Å². The first-order valence-corrected chi connectivity index (χ1v) is 7.10. The molecule has 1 atom stereocenters. The van der Waals surface area contributed by atoms with E-state index in [1.165, 1.54) is 0 Å². The third-order valence-corrected chi connectivity index (χ3v) is 4.84. The lowest BCUT2D eigenvalue weighted by molar-refractivity contribution is 0.443. The van der Waals surface area contributed by atoms with Crippen LogP contribution in [0.2, 0.25) is 0 Å². The summed E-state index contributed by atoms with van der Waals surface area (Å²) in [5.74, 6) is 1.56. The molecule has 0 saturated heterocycles. The van der Waals surface area contributed by atoms with E-state index >= 15 is 0 Å². The highest BCUT2D eigenvalue weighted by Gasteiger charge is 2.23. The lowest BCUT2D eigenvalue weighted by atomic mass is 9.96. The molecule has 0 radical (unpaired) electrons. The Morgan fingerprint density at radius 1 is 1.29 bits per heavy atom. The highest BCUT2D eigenvalue weighted by molar-refractivity contribution is 7.85. The molecule has 2 nitrogen and oxygen atoms in total. The van der Waals surface area contributed by atoms with E-state index < -0.39 is 10.8 Å². The topological polar surface area (TPSA) is 43.1 Å². The van der Waals surface area contributed by atoms with Gasteiger partial charge < -0.3 is 5.73 Å². The standard InChI is InChI=1S/C11H23NOS/c1-9(2)7-8-14(13)11-5-3-10(12)4-6-11/h9-11H,3-8,12H2,1-2H3. The predicted molar refractivity (Wildman–Crippen MR) is 62.7 cm³/mol. The van der Waals surface area contributed by atoms with Gasteiger partial charge in [-0.2, -0.15) is 0 Å². The van der Waals surface area contributed by atoms with Gasteiger partial charge >= 0.3 is 0 Å². The van der Waals surface area contributed by atoms with Crippen LogP contribution in [0.25, 0.3) is 0 Å². The minimum absolute atomic E-state index is 0.369. The molecule has 0 aromatic rings. The van der Waals surface area contributed by atoms with Crippen molar-refractivity contribution in [3.8, 4) is 0 Å². The van der Waals surface area contributed by atoms with Gasteiger partial charge in [0.1, 0.15) is 0 Å². The average Bonchev–Trinajstić information content (AvgIpc) is 2.15. The molecule has 1 fully saturated rings. The van der Waals surface area contributed by atoms with Crippen LogP contribution in [0.1, 0.15) is 46.0 Å². The lowest BCUT2D eigenvalue weighted by Crippen LogP contribution is -2.31. The van der Waals surface area contributed by atoms with E-state index in [9.17, 15) is 4.21 Å². The molecule has 0 spiro atoms. The Hall–Kier alpha value is 0.110. The van der Waals surface area contributed by atoms with Crippen LogP contribution in [0.5, 0.6) is 0 Å². The number of hydrogen-bond donors (Lipinski definition) is 1. The van der Waals surface area contributed by atoms with Crippen molar-refractivity contribution in [3.63, 3.8) is 0 Å². The molecular weight excluding hydrogens is 194 g/mol. The Balaban J connectivity index is 2.24. The minimum atomic E-state index is -0.598. The van der Waals surface area contributed by atoms with Crippen molar-refractivity contribution in [1.82, 2.24) is 0 Å². The van der Waals surface area contributed by atoms with E-state index in [-0.39, 0.29) is 0 Å². The molecule has 0 aromatic heterocycles. The van der Waals surface area contributed by atoms with Crippen LogP contribution >= 0.6 is 0 Å². The van der Waals surface area contributed by atoms with Crippen LogP contribution in [0.3, 0.4) is 0 Å². The van der Waals surface area contributed by atoms with Gasteiger partial charge in [-0.1, -0.05) is 13.8 Å². The van der Waals surface area contributed by atoms with Crippen LogP contribution in [-0.4, -0.2) is 21.3 Å². The Morgan fingerprint density at radius 2 is 1.86 bits per heavy atom. The van der Waals surface area contributed by atoms with Crippen LogP contribution < -0.4 is 5.73 Å². The maximum Gasteiger partial charge on any atom is 0.0349 e. The van der Waals surface area contributed by atoms with Gasteiger partial charge in [-0.25, -0.2) is 0 Å². The van der Waals surface area contributed by atoms with Gasteiger partial charge in [-0.05, 0) is 38.0 Å². The molecule has 1 rings (SSSR count). The highest BCUT2D eigenvalue weighted by atomic mass is 32.2. The summed E-state index contributed by atoms with van der Waals surface area (Å²) in [6.45, 7) is 4.38. The number of hydrogen-bond acceptors (Lipinski definition) is 2. The number of nitrogens with two attached hydrogens (primary N) is 1. The Bertz CT molecular complexity index is 186. The van der Waals surface area contributed by atoms with E-state index in [4.69, 9.17) is 5.73 Å². The molecule has 1 aliphatic rings. The second-order valence-electron chi connectivity index (χ2n) is 4.80. The van der Waals surface area contributed by atoms with Crippen molar-refractivity contribution in [1.29, 1.82) is 0 Å². The summed E-state index contributed by atoms with van der Waals surface area (Å²) < 4.78 is 11.9. The van der Waals surface area contributed by atoms with E-state index in [0.717, 1.165) is 37.9 Å². The molecule has 3 heteroatoms. The Kier molecular flexibility index (Phi) is 5.10. The van der Waals surface area contributed by atoms with E-state index in [2.05, 4.69) is 13.8 Å². The van der Waals surface area contributed by atoms with Gasteiger partial charge in [0, 0.05) is 27.8 Å². The zero-order chi connectivity index (χ0) is 10.6. The van der Waals surface area contributed by atoms with Gasteiger partial charge in [-0.15, -0.1) is 0 Å². The number of rotatable bonds is 4. The van der Waals surface area contributed by atoms with Gasteiger partial charge in [-0.3, -0.25) is 4.21 Å². The predicted octanol–water partition coefficient (Wildman–Crippen LogP) is 2.05. The zero-order valence-corrected chi connectivity index (χ0v) is 10.2. The maximum atomic E-state index is 11.9. The smallest absolute Gasteiger partial charge is 0.0349 e. The zero-order valence-electron chi connectivity index (χ0n) is 9.37. The third kappa shape index (κ3) is 4.09. The van der Waals surface area contributed by atoms with Crippen molar-refractivity contribution in [2.24, 2.45) is 11.7 Å². The molecule has 0 heterocycles. The molecule has 0 aliphatic heterocycles. The molecule has 0 bridgehead atoms. The van der Waals surface area contributed by atoms with Crippen LogP contribution in [0, 0.1) is 5.92 Å². The Morgan fingerprint density at radius 3 is 2.36 bits per heavy atom. The maximum absolute atomic E-state index is 11.9. The van der Waals surface area contributed by atoms with E-state index in [1.807, 2.05) is 0 Å². The fourth-order valence-electron chi connectivity index (χ4n) is 1.87. The van der Waals surface area contributed by atoms with E-state index in [0.29, 0.717) is 17.2 Å². The van der Waals surface area contributed by atoms with Gasteiger partial charge in [0.25, 0.3) is 0 Å². The first-order valence-electron chi connectivity index (χ1n) is 5.72. The highest BCUT2D eigenvalue weighted by Crippen LogP contribution is 2.22. The van der Waals surface area contributed by atoms with Crippen molar-refractivity contribution >= 4 is 10.8 Å². The molecule has 1 aliphatic carbocycles. The quantitative estimate of drug-likeness (QED) is 0.783. The molecular formula is C11H23NOS. The average molecular weight is 217 g/mol. The van der Waals surface area contributed by atoms with Crippen LogP contribution in [0.4, 0.5) is 0 Å².